The lowest BCUT2D eigenvalue weighted by Crippen LogP contribution is -2.33. The molecule has 1 aromatic heterocycles. The zero-order valence-electron chi connectivity index (χ0n) is 11.3. The fraction of sp³-hybridized carbons (Fsp3) is 0.467. The van der Waals surface area contributed by atoms with Crippen molar-refractivity contribution in [3.63, 3.8) is 0 Å². The molecule has 2 aromatic rings. The second kappa shape index (κ2) is 5.63. The van der Waals surface area contributed by atoms with Gasteiger partial charge < -0.3 is 15.3 Å². The topological polar surface area (TPSA) is 70.0 Å². The fourth-order valence-electron chi connectivity index (χ4n) is 2.82. The molecule has 1 saturated carbocycles. The third kappa shape index (κ3) is 2.54. The Bertz CT molecular complexity index is 660. The molecule has 0 spiro atoms. The number of hydrogen-bond acceptors (Lipinski definition) is 4. The maximum atomic E-state index is 12.0. The lowest BCUT2D eigenvalue weighted by atomic mass is 9.95. The van der Waals surface area contributed by atoms with Crippen molar-refractivity contribution >= 4 is 10.9 Å². The van der Waals surface area contributed by atoms with Gasteiger partial charge >= 0.3 is 0 Å². The molecule has 5 heteroatoms. The Balaban J connectivity index is 1.84. The molecule has 0 unspecified atom stereocenters. The summed E-state index contributed by atoms with van der Waals surface area (Å²) in [7, 11) is 0. The average molecular weight is 272 g/mol. The van der Waals surface area contributed by atoms with Crippen LogP contribution in [0.5, 0.6) is 0 Å². The number of para-hydroxylation sites is 1. The highest BCUT2D eigenvalue weighted by molar-refractivity contribution is 5.77. The number of fused-ring (bicyclic) bond motifs is 1. The van der Waals surface area contributed by atoms with Crippen LogP contribution in [-0.4, -0.2) is 15.8 Å². The number of rotatable bonds is 3. The molecule has 3 rings (SSSR count). The van der Waals surface area contributed by atoms with Gasteiger partial charge in [-0.25, -0.2) is 4.98 Å². The van der Waals surface area contributed by atoms with Crippen LogP contribution in [0.1, 0.15) is 37.9 Å². The lowest BCUT2D eigenvalue weighted by Gasteiger charge is -2.24. The molecule has 106 valence electrons. The molecule has 0 bridgehead atoms. The summed E-state index contributed by atoms with van der Waals surface area (Å²) >= 11 is 0. The molecule has 0 amide bonds. The molecular weight excluding hydrogens is 254 g/mol. The summed E-state index contributed by atoms with van der Waals surface area (Å²) in [6, 6.07) is 7.40. The van der Waals surface area contributed by atoms with Crippen LogP contribution in [0.3, 0.4) is 0 Å². The largest absolute Gasteiger partial charge is 0.802 e. The maximum absolute atomic E-state index is 12.0. The SMILES string of the molecule is O=c1c2ccccc2nc(CNC2CCCCC2)n1[O-]. The molecule has 5 nitrogen and oxygen atoms in total. The third-order valence-corrected chi connectivity index (χ3v) is 3.96. The summed E-state index contributed by atoms with van der Waals surface area (Å²) in [6.07, 6.45) is 6.02. The molecule has 0 radical (unpaired) electrons. The predicted molar refractivity (Wildman–Crippen MR) is 78.5 cm³/mol. The summed E-state index contributed by atoms with van der Waals surface area (Å²) in [5.41, 5.74) is 0.0705. The Hall–Kier alpha value is -1.88. The van der Waals surface area contributed by atoms with Crippen LogP contribution in [0.2, 0.25) is 0 Å². The van der Waals surface area contributed by atoms with E-state index in [1.165, 1.54) is 19.3 Å². The van der Waals surface area contributed by atoms with Gasteiger partial charge in [0.1, 0.15) is 5.82 Å². The van der Waals surface area contributed by atoms with Crippen LogP contribution in [0, 0.1) is 5.21 Å². The summed E-state index contributed by atoms with van der Waals surface area (Å²) in [6.45, 7) is 0.355. The van der Waals surface area contributed by atoms with Gasteiger partial charge in [0.25, 0.3) is 5.56 Å². The van der Waals surface area contributed by atoms with E-state index in [-0.39, 0.29) is 5.82 Å². The van der Waals surface area contributed by atoms with Gasteiger partial charge in [0.2, 0.25) is 0 Å². The van der Waals surface area contributed by atoms with Crippen molar-refractivity contribution < 1.29 is 0 Å². The van der Waals surface area contributed by atoms with Gasteiger partial charge in [0, 0.05) is 6.04 Å². The highest BCUT2D eigenvalue weighted by atomic mass is 16.5. The summed E-state index contributed by atoms with van der Waals surface area (Å²) in [4.78, 5) is 16.3. The van der Waals surface area contributed by atoms with Crippen molar-refractivity contribution in [3.8, 4) is 0 Å². The second-order valence-electron chi connectivity index (χ2n) is 5.36. The van der Waals surface area contributed by atoms with Crippen molar-refractivity contribution in [1.82, 2.24) is 15.0 Å². The minimum absolute atomic E-state index is 0.263. The van der Waals surface area contributed by atoms with E-state index in [0.29, 0.717) is 28.2 Å². The van der Waals surface area contributed by atoms with Gasteiger partial charge in [-0.15, -0.1) is 0 Å². The number of benzene rings is 1. The minimum Gasteiger partial charge on any atom is -0.802 e. The van der Waals surface area contributed by atoms with Gasteiger partial charge in [0.05, 0.1) is 17.4 Å². The quantitative estimate of drug-likeness (QED) is 0.929. The van der Waals surface area contributed by atoms with Crippen LogP contribution >= 0.6 is 0 Å². The van der Waals surface area contributed by atoms with E-state index in [4.69, 9.17) is 0 Å². The zero-order valence-corrected chi connectivity index (χ0v) is 11.3. The lowest BCUT2D eigenvalue weighted by molar-refractivity contribution is 0.368. The number of nitrogens with zero attached hydrogens (tertiary/aromatic N) is 2. The normalized spacial score (nSPS) is 16.6. The maximum Gasteiger partial charge on any atom is 0.256 e. The molecular formula is C15H18N3O2-. The van der Waals surface area contributed by atoms with Crippen molar-refractivity contribution in [1.29, 1.82) is 0 Å². The molecule has 1 aromatic carbocycles. The first kappa shape index (κ1) is 13.1. The smallest absolute Gasteiger partial charge is 0.256 e. The van der Waals surface area contributed by atoms with Gasteiger partial charge in [-0.3, -0.25) is 4.79 Å². The van der Waals surface area contributed by atoms with E-state index in [2.05, 4.69) is 10.3 Å². The summed E-state index contributed by atoms with van der Waals surface area (Å²) in [5.74, 6) is 0.263. The number of nitrogens with one attached hydrogen (secondary N) is 1. The van der Waals surface area contributed by atoms with E-state index in [0.717, 1.165) is 12.8 Å². The molecule has 1 aliphatic carbocycles. The summed E-state index contributed by atoms with van der Waals surface area (Å²) < 4.78 is 0.415. The monoisotopic (exact) mass is 272 g/mol. The highest BCUT2D eigenvalue weighted by Gasteiger charge is 2.13. The molecule has 1 aliphatic rings. The van der Waals surface area contributed by atoms with Crippen molar-refractivity contribution in [2.75, 3.05) is 0 Å². The van der Waals surface area contributed by atoms with Crippen molar-refractivity contribution in [2.45, 2.75) is 44.7 Å². The number of aromatic nitrogens is 2. The Kier molecular flexibility index (Phi) is 3.69. The van der Waals surface area contributed by atoms with Gasteiger partial charge in [-0.2, -0.15) is 0 Å². The zero-order chi connectivity index (χ0) is 13.9. The molecule has 0 saturated heterocycles. The second-order valence-corrected chi connectivity index (χ2v) is 5.36. The predicted octanol–water partition coefficient (Wildman–Crippen LogP) is 2.16. The van der Waals surface area contributed by atoms with E-state index in [1.54, 1.807) is 18.2 Å². The third-order valence-electron chi connectivity index (χ3n) is 3.96. The molecule has 20 heavy (non-hydrogen) atoms. The number of hydrogen-bond donors (Lipinski definition) is 1. The van der Waals surface area contributed by atoms with Crippen LogP contribution in [-0.2, 0) is 6.54 Å². The van der Waals surface area contributed by atoms with Crippen LogP contribution in [0.4, 0.5) is 0 Å². The van der Waals surface area contributed by atoms with E-state index in [9.17, 15) is 10.0 Å². The molecule has 1 N–H and O–H groups in total. The first-order chi connectivity index (χ1) is 9.75. The molecule has 1 fully saturated rings. The van der Waals surface area contributed by atoms with Gasteiger partial charge in [-0.1, -0.05) is 31.4 Å². The van der Waals surface area contributed by atoms with Crippen LogP contribution in [0.25, 0.3) is 10.9 Å². The Morgan fingerprint density at radius 3 is 2.80 bits per heavy atom. The van der Waals surface area contributed by atoms with E-state index in [1.807, 2.05) is 6.07 Å². The first-order valence-corrected chi connectivity index (χ1v) is 7.17. The molecule has 0 atom stereocenters. The van der Waals surface area contributed by atoms with Crippen LogP contribution in [0.15, 0.2) is 29.1 Å². The van der Waals surface area contributed by atoms with Crippen molar-refractivity contribution in [3.05, 3.63) is 45.7 Å². The fourth-order valence-corrected chi connectivity index (χ4v) is 2.82. The summed E-state index contributed by atoms with van der Waals surface area (Å²) in [5, 5.41) is 15.7. The van der Waals surface area contributed by atoms with E-state index < -0.39 is 5.56 Å². The Labute approximate surface area is 117 Å². The van der Waals surface area contributed by atoms with Crippen molar-refractivity contribution in [2.24, 2.45) is 0 Å². The molecule has 1 heterocycles. The average Bonchev–Trinajstić information content (AvgIpc) is 2.50. The standard InChI is InChI=1S/C15H18N3O2/c19-15-12-8-4-5-9-13(12)17-14(18(15)20)10-16-11-6-2-1-3-7-11/h4-5,8-9,11,16H,1-3,6-7,10H2/q-1. The minimum atomic E-state index is -0.518. The van der Waals surface area contributed by atoms with E-state index >= 15 is 0 Å². The Morgan fingerprint density at radius 2 is 2.00 bits per heavy atom. The highest BCUT2D eigenvalue weighted by Crippen LogP contribution is 2.17. The molecule has 0 aliphatic heterocycles. The first-order valence-electron chi connectivity index (χ1n) is 7.17. The Morgan fingerprint density at radius 1 is 1.25 bits per heavy atom. The van der Waals surface area contributed by atoms with Crippen LogP contribution < -0.4 is 10.9 Å². The van der Waals surface area contributed by atoms with Gasteiger partial charge in [-0.05, 0) is 25.0 Å². The van der Waals surface area contributed by atoms with Gasteiger partial charge in [0.15, 0.2) is 0 Å².